The Kier molecular flexibility index (Phi) is 5.12. The second kappa shape index (κ2) is 6.13. The van der Waals surface area contributed by atoms with Crippen molar-refractivity contribution in [3.63, 3.8) is 0 Å². The monoisotopic (exact) mass is 243 g/mol. The molecule has 2 N–H and O–H groups in total. The Hall–Kier alpha value is -0.710. The van der Waals surface area contributed by atoms with Crippen molar-refractivity contribution in [1.29, 1.82) is 0 Å². The van der Waals surface area contributed by atoms with E-state index in [0.717, 1.165) is 10.9 Å². The zero-order chi connectivity index (χ0) is 12.1. The number of amidine groups is 1. The summed E-state index contributed by atoms with van der Waals surface area (Å²) in [6.45, 7) is 8.78. The van der Waals surface area contributed by atoms with Gasteiger partial charge in [-0.25, -0.2) is 0 Å². The number of thioether (sulfide) groups is 1. The average Bonchev–Trinajstić information content (AvgIpc) is 2.66. The van der Waals surface area contributed by atoms with Crippen LogP contribution in [0.15, 0.2) is 4.99 Å². The normalized spacial score (nSPS) is 21.8. The highest BCUT2D eigenvalue weighted by atomic mass is 32.2. The van der Waals surface area contributed by atoms with Crippen LogP contribution in [-0.4, -0.2) is 35.5 Å². The fourth-order valence-electron chi connectivity index (χ4n) is 1.39. The first-order valence-electron chi connectivity index (χ1n) is 5.79. The molecule has 0 aromatic rings. The highest BCUT2D eigenvalue weighted by Gasteiger charge is 2.23. The van der Waals surface area contributed by atoms with E-state index in [1.807, 2.05) is 13.8 Å². The molecular weight excluding hydrogens is 222 g/mol. The summed E-state index contributed by atoms with van der Waals surface area (Å²) in [5, 5.41) is 6.84. The maximum absolute atomic E-state index is 11.5. The Balaban J connectivity index is 2.43. The van der Waals surface area contributed by atoms with Crippen molar-refractivity contribution in [2.24, 2.45) is 10.9 Å². The first-order chi connectivity index (χ1) is 7.54. The number of aliphatic imine (C=N–C) groups is 1. The molecule has 0 saturated heterocycles. The summed E-state index contributed by atoms with van der Waals surface area (Å²) < 4.78 is 0. The zero-order valence-corrected chi connectivity index (χ0v) is 11.2. The molecule has 0 bridgehead atoms. The quantitative estimate of drug-likeness (QED) is 0.781. The Morgan fingerprint density at radius 1 is 1.56 bits per heavy atom. The molecule has 0 spiro atoms. The lowest BCUT2D eigenvalue weighted by Crippen LogP contribution is -2.43. The van der Waals surface area contributed by atoms with Gasteiger partial charge in [-0.05, 0) is 19.8 Å². The topological polar surface area (TPSA) is 53.5 Å². The first kappa shape index (κ1) is 13.4. The van der Waals surface area contributed by atoms with E-state index in [1.54, 1.807) is 11.8 Å². The summed E-state index contributed by atoms with van der Waals surface area (Å²) in [4.78, 5) is 16.1. The van der Waals surface area contributed by atoms with Gasteiger partial charge in [0.1, 0.15) is 6.04 Å². The van der Waals surface area contributed by atoms with Crippen LogP contribution in [0.5, 0.6) is 0 Å². The van der Waals surface area contributed by atoms with Gasteiger partial charge in [0.25, 0.3) is 0 Å². The number of rotatable bonds is 4. The molecule has 1 aliphatic heterocycles. The number of nitrogens with one attached hydrogen (secondary N) is 2. The van der Waals surface area contributed by atoms with E-state index in [1.165, 1.54) is 0 Å². The minimum Gasteiger partial charge on any atom is -0.355 e. The van der Waals surface area contributed by atoms with Gasteiger partial charge < -0.3 is 10.6 Å². The molecule has 1 amide bonds. The molecule has 0 saturated carbocycles. The summed E-state index contributed by atoms with van der Waals surface area (Å²) in [6, 6.07) is 0.172. The Labute approximate surface area is 102 Å². The Morgan fingerprint density at radius 2 is 2.25 bits per heavy atom. The number of likely N-dealkylation sites (N-methyl/N-ethyl adjacent to an activating group) is 1. The van der Waals surface area contributed by atoms with Gasteiger partial charge in [0, 0.05) is 12.3 Å². The van der Waals surface area contributed by atoms with E-state index in [9.17, 15) is 4.79 Å². The van der Waals surface area contributed by atoms with E-state index in [4.69, 9.17) is 0 Å². The molecule has 0 aromatic carbocycles. The van der Waals surface area contributed by atoms with Crippen LogP contribution >= 0.6 is 11.8 Å². The molecular formula is C11H21N3OS. The van der Waals surface area contributed by atoms with E-state index >= 15 is 0 Å². The fourth-order valence-corrected chi connectivity index (χ4v) is 2.65. The molecule has 0 fully saturated rings. The van der Waals surface area contributed by atoms with Crippen LogP contribution < -0.4 is 10.6 Å². The van der Waals surface area contributed by atoms with Crippen LogP contribution in [0.2, 0.25) is 0 Å². The largest absolute Gasteiger partial charge is 0.355 e. The molecule has 1 aliphatic rings. The molecule has 0 aromatic heterocycles. The molecule has 2 unspecified atom stereocenters. The van der Waals surface area contributed by atoms with Crippen molar-refractivity contribution in [3.05, 3.63) is 0 Å². The third-order valence-corrected chi connectivity index (χ3v) is 3.53. The summed E-state index contributed by atoms with van der Waals surface area (Å²) in [5.74, 6) is 1.60. The maximum Gasteiger partial charge on any atom is 0.242 e. The van der Waals surface area contributed by atoms with Crippen molar-refractivity contribution in [2.45, 2.75) is 39.8 Å². The Morgan fingerprint density at radius 3 is 2.75 bits per heavy atom. The highest BCUT2D eigenvalue weighted by Crippen LogP contribution is 2.22. The number of nitrogens with zero attached hydrogens (tertiary/aromatic N) is 1. The number of hydrogen-bond acceptors (Lipinski definition) is 4. The minimum atomic E-state index is -0.211. The third-order valence-electron chi connectivity index (χ3n) is 2.53. The molecule has 1 rings (SSSR count). The van der Waals surface area contributed by atoms with Gasteiger partial charge >= 0.3 is 0 Å². The van der Waals surface area contributed by atoms with Gasteiger partial charge in [-0.2, -0.15) is 0 Å². The molecule has 4 nitrogen and oxygen atoms in total. The lowest BCUT2D eigenvalue weighted by molar-refractivity contribution is -0.122. The smallest absolute Gasteiger partial charge is 0.242 e. The maximum atomic E-state index is 11.5. The molecule has 0 aliphatic carbocycles. The molecule has 2 atom stereocenters. The van der Waals surface area contributed by atoms with Gasteiger partial charge in [0.15, 0.2) is 5.17 Å². The van der Waals surface area contributed by atoms with Crippen LogP contribution in [0.1, 0.15) is 27.7 Å². The summed E-state index contributed by atoms with van der Waals surface area (Å²) in [6.07, 6.45) is 0. The number of hydrogen-bond donors (Lipinski definition) is 2. The number of carbonyl (C=O) groups excluding carboxylic acids is 1. The van der Waals surface area contributed by atoms with Crippen molar-refractivity contribution in [2.75, 3.05) is 12.3 Å². The third kappa shape index (κ3) is 3.70. The van der Waals surface area contributed by atoms with Crippen LogP contribution in [0.3, 0.4) is 0 Å². The summed E-state index contributed by atoms with van der Waals surface area (Å²) >= 11 is 1.70. The lowest BCUT2D eigenvalue weighted by atomic mass is 10.1. The van der Waals surface area contributed by atoms with Crippen molar-refractivity contribution in [1.82, 2.24) is 10.6 Å². The highest BCUT2D eigenvalue weighted by molar-refractivity contribution is 8.14. The van der Waals surface area contributed by atoms with Gasteiger partial charge in [-0.3, -0.25) is 9.79 Å². The SMILES string of the molecule is CCNC(=O)C(C)NC1=NC(C(C)C)CS1. The van der Waals surface area contributed by atoms with Crippen LogP contribution in [0, 0.1) is 5.92 Å². The van der Waals surface area contributed by atoms with Gasteiger partial charge in [-0.1, -0.05) is 25.6 Å². The van der Waals surface area contributed by atoms with E-state index in [0.29, 0.717) is 18.5 Å². The lowest BCUT2D eigenvalue weighted by Gasteiger charge is -2.13. The predicted octanol–water partition coefficient (Wildman–Crippen LogP) is 1.23. The average molecular weight is 243 g/mol. The van der Waals surface area contributed by atoms with Crippen molar-refractivity contribution in [3.8, 4) is 0 Å². The molecule has 5 heteroatoms. The van der Waals surface area contributed by atoms with Crippen molar-refractivity contribution >= 4 is 22.8 Å². The predicted molar refractivity (Wildman–Crippen MR) is 69.8 cm³/mol. The van der Waals surface area contributed by atoms with E-state index < -0.39 is 0 Å². The summed E-state index contributed by atoms with van der Waals surface area (Å²) in [5.41, 5.74) is 0. The van der Waals surface area contributed by atoms with E-state index in [-0.39, 0.29) is 11.9 Å². The zero-order valence-electron chi connectivity index (χ0n) is 10.4. The van der Waals surface area contributed by atoms with Gasteiger partial charge in [0.05, 0.1) is 6.04 Å². The standard InChI is InChI=1S/C11H21N3OS/c1-5-12-10(15)8(4)13-11-14-9(6-16-11)7(2)3/h7-9H,5-6H2,1-4H3,(H,12,15)(H,13,14). The number of amides is 1. The van der Waals surface area contributed by atoms with Gasteiger partial charge in [0.2, 0.25) is 5.91 Å². The van der Waals surface area contributed by atoms with Crippen LogP contribution in [0.4, 0.5) is 0 Å². The summed E-state index contributed by atoms with van der Waals surface area (Å²) in [7, 11) is 0. The van der Waals surface area contributed by atoms with Gasteiger partial charge in [-0.15, -0.1) is 0 Å². The molecule has 1 heterocycles. The second-order valence-corrected chi connectivity index (χ2v) is 5.33. The number of carbonyl (C=O) groups is 1. The van der Waals surface area contributed by atoms with Crippen molar-refractivity contribution < 1.29 is 4.79 Å². The van der Waals surface area contributed by atoms with Crippen LogP contribution in [-0.2, 0) is 4.79 Å². The minimum absolute atomic E-state index is 0.0267. The Bertz CT molecular complexity index is 278. The van der Waals surface area contributed by atoms with Crippen LogP contribution in [0.25, 0.3) is 0 Å². The van der Waals surface area contributed by atoms with E-state index in [2.05, 4.69) is 29.5 Å². The first-order valence-corrected chi connectivity index (χ1v) is 6.78. The molecule has 16 heavy (non-hydrogen) atoms. The molecule has 0 radical (unpaired) electrons. The molecule has 92 valence electrons. The fraction of sp³-hybridized carbons (Fsp3) is 0.818. The second-order valence-electron chi connectivity index (χ2n) is 4.32.